The topological polar surface area (TPSA) is 43.9 Å². The Hall–Kier alpha value is -2.25. The fourth-order valence-electron chi connectivity index (χ4n) is 4.99. The van der Waals surface area contributed by atoms with Crippen LogP contribution in [-0.2, 0) is 16.0 Å². The summed E-state index contributed by atoms with van der Waals surface area (Å²) in [5.41, 5.74) is 2.01. The van der Waals surface area contributed by atoms with Crippen molar-refractivity contribution in [3.63, 3.8) is 0 Å². The van der Waals surface area contributed by atoms with Crippen LogP contribution in [0.1, 0.15) is 56.2 Å². The molecule has 1 aromatic heterocycles. The van der Waals surface area contributed by atoms with E-state index in [1.165, 1.54) is 16.5 Å². The van der Waals surface area contributed by atoms with E-state index in [0.29, 0.717) is 32.6 Å². The normalized spacial score (nSPS) is 21.7. The van der Waals surface area contributed by atoms with Crippen LogP contribution in [0, 0.1) is 11.2 Å². The minimum absolute atomic E-state index is 0.00129. The van der Waals surface area contributed by atoms with Crippen LogP contribution < -0.4 is 0 Å². The van der Waals surface area contributed by atoms with Crippen molar-refractivity contribution in [2.45, 2.75) is 52.6 Å². The highest BCUT2D eigenvalue weighted by Crippen LogP contribution is 2.37. The van der Waals surface area contributed by atoms with Crippen molar-refractivity contribution in [2.24, 2.45) is 5.41 Å². The number of amides is 2. The predicted molar refractivity (Wildman–Crippen MR) is 130 cm³/mol. The zero-order valence-electron chi connectivity index (χ0n) is 20.0. The Kier molecular flexibility index (Phi) is 6.91. The quantitative estimate of drug-likeness (QED) is 0.667. The van der Waals surface area contributed by atoms with Gasteiger partial charge in [-0.25, -0.2) is 4.39 Å². The third kappa shape index (κ3) is 5.46. The molecule has 4 rings (SSSR count). The van der Waals surface area contributed by atoms with Gasteiger partial charge < -0.3 is 9.80 Å². The van der Waals surface area contributed by atoms with Gasteiger partial charge in [-0.15, -0.1) is 11.3 Å². The largest absolute Gasteiger partial charge is 0.338 e. The van der Waals surface area contributed by atoms with E-state index < -0.39 is 0 Å². The van der Waals surface area contributed by atoms with E-state index in [4.69, 9.17) is 0 Å². The van der Waals surface area contributed by atoms with E-state index in [1.54, 1.807) is 23.5 Å². The molecular formula is C26H34FN3O2S. The lowest BCUT2D eigenvalue weighted by atomic mass is 9.91. The van der Waals surface area contributed by atoms with Gasteiger partial charge in [-0.05, 0) is 53.5 Å². The summed E-state index contributed by atoms with van der Waals surface area (Å²) in [7, 11) is 0. The first-order chi connectivity index (χ1) is 15.6. The Morgan fingerprint density at radius 3 is 2.61 bits per heavy atom. The minimum Gasteiger partial charge on any atom is -0.338 e. The molecule has 0 saturated carbocycles. The molecule has 0 spiro atoms. The first kappa shape index (κ1) is 23.9. The Bertz CT molecular complexity index is 1010. The third-order valence-corrected chi connectivity index (χ3v) is 7.55. The molecule has 2 aromatic rings. The molecule has 7 heteroatoms. The standard InChI is InChI=1S/C26H34FN3O2S/c1-18-16-28(11-12-30(18)23(31)15-26(2,3)4)24(32)17-29-10-8-22-21(9-13-33-22)25(29)19-6-5-7-20(27)14-19/h5-7,9,13-14,18,25H,8,10-12,15-17H2,1-4H3/t18-,25+/m1/s1. The second-order valence-electron chi connectivity index (χ2n) is 10.5. The van der Waals surface area contributed by atoms with Crippen LogP contribution in [0.15, 0.2) is 35.7 Å². The summed E-state index contributed by atoms with van der Waals surface area (Å²) in [6.07, 6.45) is 1.41. The van der Waals surface area contributed by atoms with Gasteiger partial charge in [-0.3, -0.25) is 14.5 Å². The van der Waals surface area contributed by atoms with Crippen LogP contribution in [0.3, 0.4) is 0 Å². The number of thiophene rings is 1. The van der Waals surface area contributed by atoms with Gasteiger partial charge >= 0.3 is 0 Å². The monoisotopic (exact) mass is 471 g/mol. The average molecular weight is 472 g/mol. The lowest BCUT2D eigenvalue weighted by Gasteiger charge is -2.42. The van der Waals surface area contributed by atoms with Crippen LogP contribution in [0.2, 0.25) is 0 Å². The number of benzene rings is 1. The molecule has 1 saturated heterocycles. The van der Waals surface area contributed by atoms with Gasteiger partial charge in [-0.1, -0.05) is 32.9 Å². The Morgan fingerprint density at radius 1 is 1.12 bits per heavy atom. The van der Waals surface area contributed by atoms with E-state index >= 15 is 0 Å². The van der Waals surface area contributed by atoms with Crippen LogP contribution in [0.5, 0.6) is 0 Å². The first-order valence-corrected chi connectivity index (χ1v) is 12.6. The molecule has 0 unspecified atom stereocenters. The maximum absolute atomic E-state index is 14.0. The minimum atomic E-state index is -0.258. The second kappa shape index (κ2) is 9.55. The molecule has 5 nitrogen and oxygen atoms in total. The molecule has 0 N–H and O–H groups in total. The lowest BCUT2D eigenvalue weighted by molar-refractivity contribution is -0.144. The summed E-state index contributed by atoms with van der Waals surface area (Å²) in [5, 5.41) is 2.08. The molecule has 2 amide bonds. The number of fused-ring (bicyclic) bond motifs is 1. The SMILES string of the molecule is C[C@@H]1CN(C(=O)CN2CCc3sccc3[C@@H]2c2cccc(F)c2)CCN1C(=O)CC(C)(C)C. The first-order valence-electron chi connectivity index (χ1n) is 11.8. The van der Waals surface area contributed by atoms with Crippen molar-refractivity contribution in [1.29, 1.82) is 0 Å². The highest BCUT2D eigenvalue weighted by Gasteiger charge is 2.35. The number of halogens is 1. The summed E-state index contributed by atoms with van der Waals surface area (Å²) in [6, 6.07) is 8.71. The van der Waals surface area contributed by atoms with Gasteiger partial charge in [0.1, 0.15) is 5.82 Å². The van der Waals surface area contributed by atoms with E-state index in [9.17, 15) is 14.0 Å². The number of piperazine rings is 1. The molecule has 3 heterocycles. The molecule has 1 fully saturated rings. The molecular weight excluding hydrogens is 437 g/mol. The van der Waals surface area contributed by atoms with E-state index in [-0.39, 0.29) is 35.1 Å². The zero-order valence-corrected chi connectivity index (χ0v) is 20.8. The van der Waals surface area contributed by atoms with Gasteiger partial charge in [-0.2, -0.15) is 0 Å². The Balaban J connectivity index is 1.45. The zero-order chi connectivity index (χ0) is 23.8. The van der Waals surface area contributed by atoms with Crippen LogP contribution in [0.25, 0.3) is 0 Å². The number of carbonyl (C=O) groups is 2. The van der Waals surface area contributed by atoms with Crippen molar-refractivity contribution in [2.75, 3.05) is 32.7 Å². The van der Waals surface area contributed by atoms with E-state index in [0.717, 1.165) is 18.5 Å². The maximum atomic E-state index is 14.0. The number of rotatable bonds is 4. The average Bonchev–Trinajstić information content (AvgIpc) is 3.20. The molecule has 2 atom stereocenters. The molecule has 0 aliphatic carbocycles. The molecule has 1 aromatic carbocycles. The van der Waals surface area contributed by atoms with E-state index in [1.807, 2.05) is 22.8 Å². The maximum Gasteiger partial charge on any atom is 0.236 e. The number of nitrogens with zero attached hydrogens (tertiary/aromatic N) is 3. The Morgan fingerprint density at radius 2 is 1.91 bits per heavy atom. The summed E-state index contributed by atoms with van der Waals surface area (Å²) >= 11 is 1.73. The van der Waals surface area contributed by atoms with Crippen molar-refractivity contribution < 1.29 is 14.0 Å². The van der Waals surface area contributed by atoms with Crippen molar-refractivity contribution in [3.05, 3.63) is 57.5 Å². The summed E-state index contributed by atoms with van der Waals surface area (Å²) in [5.74, 6) is -0.0230. The fourth-order valence-corrected chi connectivity index (χ4v) is 5.89. The molecule has 2 aliphatic heterocycles. The highest BCUT2D eigenvalue weighted by molar-refractivity contribution is 7.10. The number of hydrogen-bond acceptors (Lipinski definition) is 4. The number of carbonyl (C=O) groups excluding carboxylic acids is 2. The van der Waals surface area contributed by atoms with E-state index in [2.05, 4.69) is 37.1 Å². The molecule has 178 valence electrons. The predicted octanol–water partition coefficient (Wildman–Crippen LogP) is 4.33. The summed E-state index contributed by atoms with van der Waals surface area (Å²) < 4.78 is 14.0. The molecule has 2 aliphatic rings. The van der Waals surface area contributed by atoms with Gasteiger partial charge in [0.05, 0.1) is 12.6 Å². The molecule has 33 heavy (non-hydrogen) atoms. The summed E-state index contributed by atoms with van der Waals surface area (Å²) in [4.78, 5) is 33.3. The smallest absolute Gasteiger partial charge is 0.236 e. The van der Waals surface area contributed by atoms with Crippen molar-refractivity contribution >= 4 is 23.2 Å². The van der Waals surface area contributed by atoms with Gasteiger partial charge in [0, 0.05) is 43.5 Å². The van der Waals surface area contributed by atoms with Crippen LogP contribution >= 0.6 is 11.3 Å². The van der Waals surface area contributed by atoms with Gasteiger partial charge in [0.2, 0.25) is 11.8 Å². The van der Waals surface area contributed by atoms with Crippen LogP contribution in [0.4, 0.5) is 4.39 Å². The molecule has 0 radical (unpaired) electrons. The van der Waals surface area contributed by atoms with Gasteiger partial charge in [0.15, 0.2) is 0 Å². The van der Waals surface area contributed by atoms with Gasteiger partial charge in [0.25, 0.3) is 0 Å². The highest BCUT2D eigenvalue weighted by atomic mass is 32.1. The van der Waals surface area contributed by atoms with Crippen molar-refractivity contribution in [3.8, 4) is 0 Å². The Labute approximate surface area is 200 Å². The van der Waals surface area contributed by atoms with Crippen LogP contribution in [-0.4, -0.2) is 65.3 Å². The lowest BCUT2D eigenvalue weighted by Crippen LogP contribution is -2.57. The van der Waals surface area contributed by atoms with Crippen molar-refractivity contribution in [1.82, 2.24) is 14.7 Å². The molecule has 0 bridgehead atoms. The summed E-state index contributed by atoms with van der Waals surface area (Å²) in [6.45, 7) is 11.0. The second-order valence-corrected chi connectivity index (χ2v) is 11.5. The number of hydrogen-bond donors (Lipinski definition) is 0. The fraction of sp³-hybridized carbons (Fsp3) is 0.538. The third-order valence-electron chi connectivity index (χ3n) is 6.55.